The Kier molecular flexibility index (Phi) is 4.34. The predicted octanol–water partition coefficient (Wildman–Crippen LogP) is 4.07. The van der Waals surface area contributed by atoms with Gasteiger partial charge in [0.2, 0.25) is 0 Å². The van der Waals surface area contributed by atoms with Gasteiger partial charge in [-0.3, -0.25) is 9.79 Å². The molecule has 0 aromatic heterocycles. The third-order valence-corrected chi connectivity index (χ3v) is 5.28. The Morgan fingerprint density at radius 2 is 1.68 bits per heavy atom. The number of nitrogens with zero attached hydrogens (tertiary/aromatic N) is 2. The van der Waals surface area contributed by atoms with Crippen LogP contribution in [0.5, 0.6) is 17.2 Å². The van der Waals surface area contributed by atoms with E-state index in [1.807, 2.05) is 43.6 Å². The highest BCUT2D eigenvalue weighted by atomic mass is 16.5. The molecule has 2 aliphatic heterocycles. The van der Waals surface area contributed by atoms with Gasteiger partial charge in [-0.05, 0) is 36.3 Å². The Bertz CT molecular complexity index is 994. The Morgan fingerprint density at radius 1 is 1.00 bits per heavy atom. The largest absolute Gasteiger partial charge is 0.497 e. The number of amides is 1. The minimum atomic E-state index is -0.536. The molecule has 1 amide bonds. The zero-order valence-corrected chi connectivity index (χ0v) is 16.4. The first kappa shape index (κ1) is 18.1. The summed E-state index contributed by atoms with van der Waals surface area (Å²) in [4.78, 5) is 19.7. The summed E-state index contributed by atoms with van der Waals surface area (Å²) in [5.74, 6) is 1.75. The van der Waals surface area contributed by atoms with Crippen LogP contribution in [0.15, 0.2) is 47.6 Å². The second-order valence-electron chi connectivity index (χ2n) is 7.07. The molecule has 144 valence electrons. The molecule has 0 saturated carbocycles. The smallest absolute Gasteiger partial charge is 0.260 e. The van der Waals surface area contributed by atoms with Crippen molar-refractivity contribution in [1.82, 2.24) is 4.90 Å². The van der Waals surface area contributed by atoms with Crippen molar-refractivity contribution in [1.29, 1.82) is 0 Å². The van der Waals surface area contributed by atoms with Gasteiger partial charge in [-0.2, -0.15) is 0 Å². The number of hydrogen-bond donors (Lipinski definition) is 0. The highest BCUT2D eigenvalue weighted by Crippen LogP contribution is 2.43. The van der Waals surface area contributed by atoms with E-state index in [1.54, 1.807) is 38.4 Å². The van der Waals surface area contributed by atoms with Crippen LogP contribution >= 0.6 is 0 Å². The lowest BCUT2D eigenvalue weighted by Crippen LogP contribution is -2.43. The molecule has 0 radical (unpaired) electrons. The van der Waals surface area contributed by atoms with Gasteiger partial charge in [-0.1, -0.05) is 12.1 Å². The maximum atomic E-state index is 13.4. The number of hydrogen-bond acceptors (Lipinski definition) is 5. The molecule has 1 unspecified atom stereocenters. The lowest BCUT2D eigenvalue weighted by Gasteiger charge is -2.29. The number of aliphatic imine (C=N–C) groups is 1. The van der Waals surface area contributed by atoms with Gasteiger partial charge in [-0.15, -0.1) is 0 Å². The summed E-state index contributed by atoms with van der Waals surface area (Å²) >= 11 is 0. The minimum Gasteiger partial charge on any atom is -0.497 e. The van der Waals surface area contributed by atoms with Crippen LogP contribution in [0.4, 0.5) is 5.69 Å². The molecule has 0 bridgehead atoms. The average molecular weight is 378 g/mol. The van der Waals surface area contributed by atoms with Gasteiger partial charge in [0.1, 0.15) is 5.75 Å². The molecule has 2 aromatic rings. The van der Waals surface area contributed by atoms with E-state index in [1.165, 1.54) is 0 Å². The van der Waals surface area contributed by atoms with Crippen LogP contribution in [0.2, 0.25) is 0 Å². The molecule has 0 spiro atoms. The van der Waals surface area contributed by atoms with E-state index in [9.17, 15) is 4.79 Å². The molecular weight excluding hydrogens is 356 g/mol. The second-order valence-corrected chi connectivity index (χ2v) is 7.07. The molecule has 2 heterocycles. The number of ether oxygens (including phenoxy) is 3. The minimum absolute atomic E-state index is 0.112. The molecule has 4 rings (SSSR count). The van der Waals surface area contributed by atoms with Gasteiger partial charge >= 0.3 is 0 Å². The standard InChI is InChI=1S/C22H22N2O4/c1-22-11-15(14-5-7-16(26-2)8-6-14)12-24(22)21(25)17-9-19(27-3)20(28-4)10-18(17)23-13-22/h5-10,12-13H,11H2,1-4H3. The highest BCUT2D eigenvalue weighted by Gasteiger charge is 2.42. The Balaban J connectivity index is 1.75. The van der Waals surface area contributed by atoms with Crippen molar-refractivity contribution in [2.75, 3.05) is 21.3 Å². The van der Waals surface area contributed by atoms with Gasteiger partial charge in [0.05, 0.1) is 38.1 Å². The topological polar surface area (TPSA) is 60.4 Å². The molecule has 28 heavy (non-hydrogen) atoms. The molecule has 2 aliphatic rings. The highest BCUT2D eigenvalue weighted by molar-refractivity contribution is 6.06. The van der Waals surface area contributed by atoms with Crippen molar-refractivity contribution in [3.8, 4) is 17.2 Å². The Morgan fingerprint density at radius 3 is 2.32 bits per heavy atom. The zero-order chi connectivity index (χ0) is 19.9. The molecular formula is C22H22N2O4. The molecule has 6 heteroatoms. The summed E-state index contributed by atoms with van der Waals surface area (Å²) in [6.45, 7) is 2.02. The van der Waals surface area contributed by atoms with E-state index in [0.29, 0.717) is 29.2 Å². The van der Waals surface area contributed by atoms with Crippen molar-refractivity contribution in [2.45, 2.75) is 18.9 Å². The maximum Gasteiger partial charge on any atom is 0.260 e. The number of carbonyl (C=O) groups is 1. The van der Waals surface area contributed by atoms with E-state index in [0.717, 1.165) is 16.9 Å². The summed E-state index contributed by atoms with van der Waals surface area (Å²) in [6.07, 6.45) is 4.44. The molecule has 1 atom stereocenters. The first-order valence-electron chi connectivity index (χ1n) is 8.99. The third kappa shape index (κ3) is 2.81. The summed E-state index contributed by atoms with van der Waals surface area (Å²) in [6, 6.07) is 11.3. The van der Waals surface area contributed by atoms with Crippen LogP contribution in [0.1, 0.15) is 29.3 Å². The van der Waals surface area contributed by atoms with Crippen molar-refractivity contribution < 1.29 is 19.0 Å². The zero-order valence-electron chi connectivity index (χ0n) is 16.4. The summed E-state index contributed by atoms with van der Waals surface area (Å²) in [7, 11) is 4.76. The van der Waals surface area contributed by atoms with Crippen LogP contribution in [0.3, 0.4) is 0 Å². The fourth-order valence-electron chi connectivity index (χ4n) is 3.68. The van der Waals surface area contributed by atoms with Gasteiger partial charge in [0.25, 0.3) is 5.91 Å². The molecule has 6 nitrogen and oxygen atoms in total. The predicted molar refractivity (Wildman–Crippen MR) is 108 cm³/mol. The summed E-state index contributed by atoms with van der Waals surface area (Å²) in [5.41, 5.74) is 2.67. The lowest BCUT2D eigenvalue weighted by atomic mass is 9.93. The fourth-order valence-corrected chi connectivity index (χ4v) is 3.68. The monoisotopic (exact) mass is 378 g/mol. The van der Waals surface area contributed by atoms with E-state index in [-0.39, 0.29) is 5.91 Å². The first-order valence-corrected chi connectivity index (χ1v) is 8.99. The van der Waals surface area contributed by atoms with E-state index in [2.05, 4.69) is 4.99 Å². The normalized spacial score (nSPS) is 20.2. The molecule has 0 N–H and O–H groups in total. The number of rotatable bonds is 4. The van der Waals surface area contributed by atoms with E-state index < -0.39 is 5.54 Å². The first-order chi connectivity index (χ1) is 13.5. The SMILES string of the molecule is COc1ccc(C2=CN3C(=O)c4cc(OC)c(OC)cc4N=CC3(C)C2)cc1. The van der Waals surface area contributed by atoms with Crippen LogP contribution < -0.4 is 14.2 Å². The van der Waals surface area contributed by atoms with Gasteiger partial charge in [-0.25, -0.2) is 0 Å². The molecule has 0 fully saturated rings. The van der Waals surface area contributed by atoms with Crippen LogP contribution in [-0.2, 0) is 0 Å². The molecule has 0 saturated heterocycles. The van der Waals surface area contributed by atoms with E-state index in [4.69, 9.17) is 14.2 Å². The molecule has 0 aliphatic carbocycles. The summed E-state index contributed by atoms with van der Waals surface area (Å²) in [5, 5.41) is 0. The third-order valence-electron chi connectivity index (χ3n) is 5.28. The number of methoxy groups -OCH3 is 3. The average Bonchev–Trinajstić information content (AvgIpc) is 3.04. The van der Waals surface area contributed by atoms with Crippen LogP contribution in [0, 0.1) is 0 Å². The summed E-state index contributed by atoms with van der Waals surface area (Å²) < 4.78 is 15.9. The van der Waals surface area contributed by atoms with E-state index >= 15 is 0 Å². The Labute approximate surface area is 164 Å². The lowest BCUT2D eigenvalue weighted by molar-refractivity contribution is 0.0764. The second kappa shape index (κ2) is 6.71. The van der Waals surface area contributed by atoms with Crippen LogP contribution in [-0.4, -0.2) is 43.9 Å². The fraction of sp³-hybridized carbons (Fsp3) is 0.273. The number of fused-ring (bicyclic) bond motifs is 2. The maximum absolute atomic E-state index is 13.4. The molecule has 2 aromatic carbocycles. The van der Waals surface area contributed by atoms with Crippen molar-refractivity contribution in [3.63, 3.8) is 0 Å². The van der Waals surface area contributed by atoms with Gasteiger partial charge in [0.15, 0.2) is 11.5 Å². The van der Waals surface area contributed by atoms with Crippen LogP contribution in [0.25, 0.3) is 5.57 Å². The van der Waals surface area contributed by atoms with Gasteiger partial charge < -0.3 is 19.1 Å². The number of carbonyl (C=O) groups excluding carboxylic acids is 1. The quantitative estimate of drug-likeness (QED) is 0.805. The van der Waals surface area contributed by atoms with Crippen molar-refractivity contribution in [2.24, 2.45) is 4.99 Å². The van der Waals surface area contributed by atoms with Gasteiger partial charge in [0, 0.05) is 24.9 Å². The van der Waals surface area contributed by atoms with Crippen molar-refractivity contribution in [3.05, 3.63) is 53.7 Å². The van der Waals surface area contributed by atoms with Crippen molar-refractivity contribution >= 4 is 23.4 Å². The number of benzene rings is 2. The Hall–Kier alpha value is -3.28.